The van der Waals surface area contributed by atoms with E-state index in [4.69, 9.17) is 4.74 Å². The first-order chi connectivity index (χ1) is 25.3. The Kier molecular flexibility index (Phi) is 5.17. The molecular formula is C50H30O. The van der Waals surface area contributed by atoms with E-state index in [1.807, 2.05) is 0 Å². The summed E-state index contributed by atoms with van der Waals surface area (Å²) in [5.41, 5.74) is 19.9. The summed E-state index contributed by atoms with van der Waals surface area (Å²) in [6.45, 7) is 0. The second-order valence-corrected chi connectivity index (χ2v) is 14.3. The Hall–Kier alpha value is -6.44. The average Bonchev–Trinajstić information content (AvgIpc) is 3.78. The molecule has 0 fully saturated rings. The van der Waals surface area contributed by atoms with Gasteiger partial charge in [0.15, 0.2) is 0 Å². The van der Waals surface area contributed by atoms with E-state index in [1.165, 1.54) is 89.0 Å². The third-order valence-corrected chi connectivity index (χ3v) is 12.2. The molecule has 0 saturated heterocycles. The smallest absolute Gasteiger partial charge is 0.132 e. The first-order valence-corrected chi connectivity index (χ1v) is 17.8. The zero-order chi connectivity index (χ0) is 33.3. The molecule has 8 aromatic carbocycles. The maximum atomic E-state index is 6.74. The van der Waals surface area contributed by atoms with E-state index in [1.54, 1.807) is 0 Å². The number of ether oxygens (including phenoxy) is 1. The molecule has 1 aliphatic heterocycles. The summed E-state index contributed by atoms with van der Waals surface area (Å²) in [5, 5.41) is 0. The minimum atomic E-state index is -0.488. The fourth-order valence-electron chi connectivity index (χ4n) is 10.3. The van der Waals surface area contributed by atoms with Gasteiger partial charge in [0.1, 0.15) is 11.5 Å². The average molecular weight is 647 g/mol. The van der Waals surface area contributed by atoms with Crippen LogP contribution in [0.1, 0.15) is 44.5 Å². The van der Waals surface area contributed by atoms with Gasteiger partial charge >= 0.3 is 0 Å². The molecule has 0 aromatic heterocycles. The normalized spacial score (nSPS) is 15.1. The van der Waals surface area contributed by atoms with Gasteiger partial charge in [-0.25, -0.2) is 0 Å². The molecule has 236 valence electrons. The van der Waals surface area contributed by atoms with E-state index in [0.29, 0.717) is 0 Å². The SMILES string of the molecule is c1ccc2c(c1)Oc1ccc(-c3ccc4c(c3)-c3ccccc3C43c4ccccc4-c4ccccc43)cc1C21c2ccccc2-c2ccccc21. The standard InChI is InChI=1S/C50H30O/c1-6-18-39-33(13-1)34-14-2-7-19-40(34)49(39)43-22-10-5-17-37(43)38-29-31(25-27-44(38)49)32-26-28-48-46(30-32)50(45-23-11-12-24-47(45)51-48)41-20-8-3-15-35(41)36-16-4-9-21-42(36)50/h1-30H. The molecule has 2 spiro atoms. The van der Waals surface area contributed by atoms with Crippen LogP contribution in [0.25, 0.3) is 44.5 Å². The summed E-state index contributed by atoms with van der Waals surface area (Å²) >= 11 is 0. The molecule has 8 aromatic rings. The van der Waals surface area contributed by atoms with Crippen molar-refractivity contribution in [2.75, 3.05) is 0 Å². The Morgan fingerprint density at radius 3 is 1.14 bits per heavy atom. The third-order valence-electron chi connectivity index (χ3n) is 12.2. The van der Waals surface area contributed by atoms with E-state index in [0.717, 1.165) is 11.5 Å². The van der Waals surface area contributed by atoms with E-state index in [2.05, 4.69) is 182 Å². The van der Waals surface area contributed by atoms with Crippen molar-refractivity contribution in [1.29, 1.82) is 0 Å². The zero-order valence-corrected chi connectivity index (χ0v) is 27.7. The van der Waals surface area contributed by atoms with E-state index < -0.39 is 5.41 Å². The predicted molar refractivity (Wildman–Crippen MR) is 206 cm³/mol. The lowest BCUT2D eigenvalue weighted by Gasteiger charge is -2.39. The van der Waals surface area contributed by atoms with Gasteiger partial charge in [-0.15, -0.1) is 0 Å². The monoisotopic (exact) mass is 646 g/mol. The van der Waals surface area contributed by atoms with Crippen LogP contribution in [-0.4, -0.2) is 0 Å². The van der Waals surface area contributed by atoms with E-state index >= 15 is 0 Å². The van der Waals surface area contributed by atoms with Crippen LogP contribution in [0.4, 0.5) is 0 Å². The summed E-state index contributed by atoms with van der Waals surface area (Å²) in [7, 11) is 0. The van der Waals surface area contributed by atoms with Gasteiger partial charge in [-0.2, -0.15) is 0 Å². The van der Waals surface area contributed by atoms with Gasteiger partial charge in [0, 0.05) is 11.1 Å². The van der Waals surface area contributed by atoms with Crippen LogP contribution >= 0.6 is 0 Å². The molecule has 1 heterocycles. The molecule has 51 heavy (non-hydrogen) atoms. The Balaban J connectivity index is 1.11. The van der Waals surface area contributed by atoms with Crippen LogP contribution in [0.15, 0.2) is 182 Å². The van der Waals surface area contributed by atoms with Crippen molar-refractivity contribution in [3.63, 3.8) is 0 Å². The molecule has 1 heteroatoms. The number of benzene rings is 8. The summed E-state index contributed by atoms with van der Waals surface area (Å²) < 4.78 is 6.74. The fourth-order valence-corrected chi connectivity index (χ4v) is 10.3. The number of rotatable bonds is 1. The van der Waals surface area contributed by atoms with Crippen LogP contribution in [-0.2, 0) is 10.8 Å². The zero-order valence-electron chi connectivity index (χ0n) is 27.7. The van der Waals surface area contributed by atoms with E-state index in [-0.39, 0.29) is 5.41 Å². The first-order valence-electron chi connectivity index (χ1n) is 17.8. The molecule has 4 aliphatic rings. The molecule has 1 nitrogen and oxygen atoms in total. The number of fused-ring (bicyclic) bond motifs is 19. The van der Waals surface area contributed by atoms with Crippen LogP contribution in [0.5, 0.6) is 11.5 Å². The highest BCUT2D eigenvalue weighted by molar-refractivity contribution is 5.96. The Morgan fingerprint density at radius 2 is 0.608 bits per heavy atom. The van der Waals surface area contributed by atoms with Crippen molar-refractivity contribution in [2.45, 2.75) is 10.8 Å². The lowest BCUT2D eigenvalue weighted by molar-refractivity contribution is 0.436. The maximum Gasteiger partial charge on any atom is 0.132 e. The highest BCUT2D eigenvalue weighted by atomic mass is 16.5. The first kappa shape index (κ1) is 27.4. The number of hydrogen-bond acceptors (Lipinski definition) is 1. The molecule has 0 saturated carbocycles. The van der Waals surface area contributed by atoms with Crippen LogP contribution in [0.2, 0.25) is 0 Å². The van der Waals surface area contributed by atoms with Crippen molar-refractivity contribution in [1.82, 2.24) is 0 Å². The summed E-state index contributed by atoms with van der Waals surface area (Å²) in [6, 6.07) is 67.6. The second kappa shape index (κ2) is 9.62. The van der Waals surface area contributed by atoms with Crippen molar-refractivity contribution in [3.05, 3.63) is 226 Å². The molecule has 0 atom stereocenters. The minimum Gasteiger partial charge on any atom is -0.457 e. The van der Waals surface area contributed by atoms with Gasteiger partial charge in [-0.05, 0) is 102 Å². The molecule has 0 bridgehead atoms. The van der Waals surface area contributed by atoms with E-state index in [9.17, 15) is 0 Å². The molecule has 0 radical (unpaired) electrons. The van der Waals surface area contributed by atoms with Crippen molar-refractivity contribution >= 4 is 0 Å². The summed E-state index contributed by atoms with van der Waals surface area (Å²) in [6.07, 6.45) is 0. The van der Waals surface area contributed by atoms with Gasteiger partial charge in [0.2, 0.25) is 0 Å². The molecule has 12 rings (SSSR count). The maximum absolute atomic E-state index is 6.74. The lowest BCUT2D eigenvalue weighted by Crippen LogP contribution is -2.32. The van der Waals surface area contributed by atoms with Crippen molar-refractivity contribution < 1.29 is 4.74 Å². The molecule has 0 amide bonds. The van der Waals surface area contributed by atoms with Gasteiger partial charge in [0.25, 0.3) is 0 Å². The Bertz CT molecular complexity index is 2710. The lowest BCUT2D eigenvalue weighted by atomic mass is 9.65. The summed E-state index contributed by atoms with van der Waals surface area (Å²) in [4.78, 5) is 0. The molecular weight excluding hydrogens is 617 g/mol. The highest BCUT2D eigenvalue weighted by Crippen LogP contribution is 2.64. The Labute approximate surface area is 297 Å². The number of hydrogen-bond donors (Lipinski definition) is 0. The van der Waals surface area contributed by atoms with Crippen molar-refractivity contribution in [3.8, 4) is 56.0 Å². The quantitative estimate of drug-likeness (QED) is 0.172. The predicted octanol–water partition coefficient (Wildman–Crippen LogP) is 12.2. The van der Waals surface area contributed by atoms with Gasteiger partial charge in [-0.1, -0.05) is 158 Å². The van der Waals surface area contributed by atoms with Gasteiger partial charge < -0.3 is 4.74 Å². The van der Waals surface area contributed by atoms with Crippen LogP contribution in [0.3, 0.4) is 0 Å². The van der Waals surface area contributed by atoms with Crippen molar-refractivity contribution in [2.24, 2.45) is 0 Å². The molecule has 3 aliphatic carbocycles. The molecule has 0 unspecified atom stereocenters. The topological polar surface area (TPSA) is 9.23 Å². The van der Waals surface area contributed by atoms with Crippen LogP contribution in [0, 0.1) is 0 Å². The van der Waals surface area contributed by atoms with Gasteiger partial charge in [0.05, 0.1) is 10.8 Å². The largest absolute Gasteiger partial charge is 0.457 e. The van der Waals surface area contributed by atoms with Crippen LogP contribution < -0.4 is 4.74 Å². The summed E-state index contributed by atoms with van der Waals surface area (Å²) in [5.74, 6) is 1.83. The van der Waals surface area contributed by atoms with Gasteiger partial charge in [-0.3, -0.25) is 0 Å². The fraction of sp³-hybridized carbons (Fsp3) is 0.0400. The highest BCUT2D eigenvalue weighted by Gasteiger charge is 2.53. The second-order valence-electron chi connectivity index (χ2n) is 14.3. The number of para-hydroxylation sites is 1. The minimum absolute atomic E-state index is 0.341. The third kappa shape index (κ3) is 3.19. The Morgan fingerprint density at radius 1 is 0.255 bits per heavy atom. The molecule has 0 N–H and O–H groups in total.